The smallest absolute Gasteiger partial charge is 0.0123 e. The summed E-state index contributed by atoms with van der Waals surface area (Å²) in [5.41, 5.74) is 0. The molecule has 1 nitrogen and oxygen atoms in total. The van der Waals surface area contributed by atoms with Crippen molar-refractivity contribution in [2.24, 2.45) is 0 Å². The maximum absolute atomic E-state index is 2.51. The summed E-state index contributed by atoms with van der Waals surface area (Å²) in [4.78, 5) is 2.51. The number of hydrogen-bond acceptors (Lipinski definition) is 1. The third kappa shape index (κ3) is 6.15. The first kappa shape index (κ1) is 11.4. The summed E-state index contributed by atoms with van der Waals surface area (Å²) in [5, 5.41) is 0. The number of rotatable bonds is 6. The molecule has 62 valence electrons. The van der Waals surface area contributed by atoms with E-state index < -0.39 is 0 Å². The maximum atomic E-state index is 2.51. The van der Waals surface area contributed by atoms with Gasteiger partial charge in [0.05, 0.1) is 0 Å². The molecule has 0 aromatic rings. The molecule has 0 aliphatic rings. The Bertz CT molecular complexity index is 68.6. The molecule has 0 radical (unpaired) electrons. The molecule has 0 spiro atoms. The van der Waals surface area contributed by atoms with Gasteiger partial charge in [-0.25, -0.2) is 0 Å². The minimum atomic E-state index is 1.21. The second-order valence-corrected chi connectivity index (χ2v) is 4.32. The van der Waals surface area contributed by atoms with Gasteiger partial charge in [-0.2, -0.15) is 0 Å². The predicted octanol–water partition coefficient (Wildman–Crippen LogP) is 2.57. The highest BCUT2D eigenvalue weighted by Crippen LogP contribution is 1.95. The van der Waals surface area contributed by atoms with E-state index in [2.05, 4.69) is 57.0 Å². The Hall–Kier alpha value is 1.42. The second-order valence-electron chi connectivity index (χ2n) is 2.17. The minimum absolute atomic E-state index is 1.21. The molecule has 0 fully saturated rings. The predicted molar refractivity (Wildman–Crippen MR) is 64.5 cm³/mol. The Morgan fingerprint density at radius 2 is 1.80 bits per heavy atom. The lowest BCUT2D eigenvalue weighted by atomic mass is 10.4. The van der Waals surface area contributed by atoms with Crippen molar-refractivity contribution in [2.75, 3.05) is 28.5 Å². The molecule has 0 rings (SSSR count). The lowest BCUT2D eigenvalue weighted by molar-refractivity contribution is 0.310. The van der Waals surface area contributed by atoms with E-state index in [1.165, 1.54) is 34.9 Å². The van der Waals surface area contributed by atoms with Crippen LogP contribution in [-0.2, 0) is 0 Å². The van der Waals surface area contributed by atoms with Gasteiger partial charge in [0.25, 0.3) is 0 Å². The van der Waals surface area contributed by atoms with Crippen molar-refractivity contribution in [3.05, 3.63) is 0 Å². The van der Waals surface area contributed by atoms with Crippen LogP contribution >= 0.6 is 45.2 Å². The van der Waals surface area contributed by atoms with Crippen LogP contribution in [0.4, 0.5) is 0 Å². The van der Waals surface area contributed by atoms with Gasteiger partial charge in [-0.05, 0) is 19.5 Å². The van der Waals surface area contributed by atoms with Crippen LogP contribution in [-0.4, -0.2) is 33.4 Å². The molecule has 0 aromatic heterocycles. The van der Waals surface area contributed by atoms with Gasteiger partial charge < -0.3 is 4.90 Å². The first-order chi connectivity index (χ1) is 4.85. The molecule has 0 N–H and O–H groups in total. The van der Waals surface area contributed by atoms with Gasteiger partial charge in [-0.3, -0.25) is 0 Å². The Morgan fingerprint density at radius 3 is 2.20 bits per heavy atom. The fourth-order valence-electron chi connectivity index (χ4n) is 0.831. The molecule has 0 bridgehead atoms. The third-order valence-corrected chi connectivity index (χ3v) is 2.70. The van der Waals surface area contributed by atoms with E-state index in [0.717, 1.165) is 0 Å². The van der Waals surface area contributed by atoms with Crippen molar-refractivity contribution in [3.63, 3.8) is 0 Å². The summed E-state index contributed by atoms with van der Waals surface area (Å²) in [6.45, 7) is 5.98. The maximum Gasteiger partial charge on any atom is 0.0123 e. The molecule has 0 amide bonds. The standard InChI is InChI=1S/C7H15I2N/c1-2-10(7-5-9)6-3-4-8/h2-7H2,1H3. The number of hydrogen-bond donors (Lipinski definition) is 0. The highest BCUT2D eigenvalue weighted by Gasteiger charge is 1.98. The summed E-state index contributed by atoms with van der Waals surface area (Å²) < 4.78 is 2.54. The van der Waals surface area contributed by atoms with E-state index >= 15 is 0 Å². The van der Waals surface area contributed by atoms with Crippen LogP contribution in [0.15, 0.2) is 0 Å². The van der Waals surface area contributed by atoms with Gasteiger partial charge in [-0.15, -0.1) is 0 Å². The molecule has 0 aromatic carbocycles. The van der Waals surface area contributed by atoms with Crippen LogP contribution in [0.1, 0.15) is 13.3 Å². The Morgan fingerprint density at radius 1 is 1.10 bits per heavy atom. The SMILES string of the molecule is CCN(CCI)CCCI. The fourth-order valence-corrected chi connectivity index (χ4v) is 1.85. The third-order valence-electron chi connectivity index (χ3n) is 1.46. The fraction of sp³-hybridized carbons (Fsp3) is 1.00. The number of alkyl halides is 2. The highest BCUT2D eigenvalue weighted by molar-refractivity contribution is 14.1. The molecule has 0 aliphatic carbocycles. The van der Waals surface area contributed by atoms with Crippen LogP contribution in [0, 0.1) is 0 Å². The number of halogens is 2. The Labute approximate surface area is 91.2 Å². The van der Waals surface area contributed by atoms with E-state index in [9.17, 15) is 0 Å². The van der Waals surface area contributed by atoms with Gasteiger partial charge in [-0.1, -0.05) is 52.1 Å². The van der Waals surface area contributed by atoms with Crippen molar-refractivity contribution >= 4 is 45.2 Å². The largest absolute Gasteiger partial charge is 0.303 e. The van der Waals surface area contributed by atoms with Crippen LogP contribution < -0.4 is 0 Å². The molecule has 0 aliphatic heterocycles. The highest BCUT2D eigenvalue weighted by atomic mass is 127. The van der Waals surface area contributed by atoms with Crippen molar-refractivity contribution in [2.45, 2.75) is 13.3 Å². The average molecular weight is 367 g/mol. The molecule has 0 saturated heterocycles. The summed E-state index contributed by atoms with van der Waals surface area (Å²) in [7, 11) is 0. The van der Waals surface area contributed by atoms with Gasteiger partial charge in [0.1, 0.15) is 0 Å². The van der Waals surface area contributed by atoms with Gasteiger partial charge in [0.15, 0.2) is 0 Å². The van der Waals surface area contributed by atoms with Crippen LogP contribution in [0.3, 0.4) is 0 Å². The first-order valence-electron chi connectivity index (χ1n) is 3.69. The average Bonchev–Trinajstić information content (AvgIpc) is 1.98. The summed E-state index contributed by atoms with van der Waals surface area (Å²) in [6.07, 6.45) is 1.34. The van der Waals surface area contributed by atoms with E-state index in [1.54, 1.807) is 0 Å². The van der Waals surface area contributed by atoms with E-state index in [4.69, 9.17) is 0 Å². The van der Waals surface area contributed by atoms with Crippen LogP contribution in [0.5, 0.6) is 0 Å². The van der Waals surface area contributed by atoms with Gasteiger partial charge in [0.2, 0.25) is 0 Å². The normalized spacial score (nSPS) is 10.8. The van der Waals surface area contributed by atoms with Crippen LogP contribution in [0.25, 0.3) is 0 Å². The molecule has 3 heteroatoms. The zero-order valence-corrected chi connectivity index (χ0v) is 10.8. The monoisotopic (exact) mass is 367 g/mol. The molecule has 0 heterocycles. The van der Waals surface area contributed by atoms with E-state index in [0.29, 0.717) is 0 Å². The first-order valence-corrected chi connectivity index (χ1v) is 6.74. The van der Waals surface area contributed by atoms with Crippen molar-refractivity contribution in [3.8, 4) is 0 Å². The zero-order chi connectivity index (χ0) is 7.82. The molecule has 0 saturated carbocycles. The molecular weight excluding hydrogens is 352 g/mol. The molecule has 0 unspecified atom stereocenters. The summed E-state index contributed by atoms with van der Waals surface area (Å²) in [6, 6.07) is 0. The second kappa shape index (κ2) is 8.52. The Balaban J connectivity index is 3.21. The van der Waals surface area contributed by atoms with E-state index in [-0.39, 0.29) is 0 Å². The molecular formula is C7H15I2N. The quantitative estimate of drug-likeness (QED) is 0.516. The van der Waals surface area contributed by atoms with Gasteiger partial charge in [0, 0.05) is 15.4 Å². The van der Waals surface area contributed by atoms with Gasteiger partial charge >= 0.3 is 0 Å². The van der Waals surface area contributed by atoms with E-state index in [1.807, 2.05) is 0 Å². The van der Waals surface area contributed by atoms with Crippen molar-refractivity contribution in [1.82, 2.24) is 4.90 Å². The lowest BCUT2D eigenvalue weighted by Crippen LogP contribution is -2.26. The summed E-state index contributed by atoms with van der Waals surface area (Å²) in [5.74, 6) is 0. The number of nitrogens with zero attached hydrogens (tertiary/aromatic N) is 1. The van der Waals surface area contributed by atoms with Crippen LogP contribution in [0.2, 0.25) is 0 Å². The molecule has 0 atom stereocenters. The minimum Gasteiger partial charge on any atom is -0.303 e. The zero-order valence-electron chi connectivity index (χ0n) is 6.45. The molecule has 10 heavy (non-hydrogen) atoms. The topological polar surface area (TPSA) is 3.24 Å². The lowest BCUT2D eigenvalue weighted by Gasteiger charge is -2.17. The van der Waals surface area contributed by atoms with Crippen molar-refractivity contribution in [1.29, 1.82) is 0 Å². The van der Waals surface area contributed by atoms with Crippen molar-refractivity contribution < 1.29 is 0 Å². The Kier molecular flexibility index (Phi) is 9.73. The summed E-state index contributed by atoms with van der Waals surface area (Å²) >= 11 is 4.87.